The lowest BCUT2D eigenvalue weighted by atomic mass is 10.0. The summed E-state index contributed by atoms with van der Waals surface area (Å²) in [6.07, 6.45) is 0. The van der Waals surface area contributed by atoms with E-state index in [0.29, 0.717) is 44.3 Å². The Balaban J connectivity index is 1.21. The molecule has 0 bridgehead atoms. The molecule has 1 aliphatic heterocycles. The first-order valence-electron chi connectivity index (χ1n) is 14.2. The van der Waals surface area contributed by atoms with Crippen molar-refractivity contribution in [2.75, 3.05) is 53.1 Å². The van der Waals surface area contributed by atoms with Crippen molar-refractivity contribution in [3.05, 3.63) is 94.7 Å². The number of halogens is 1. The zero-order chi connectivity index (χ0) is 30.4. The lowest BCUT2D eigenvalue weighted by Gasteiger charge is -2.33. The Hall–Kier alpha value is -4.19. The first-order chi connectivity index (χ1) is 20.7. The van der Waals surface area contributed by atoms with Gasteiger partial charge >= 0.3 is 5.69 Å². The number of para-hydroxylation sites is 2. The average Bonchev–Trinajstić information content (AvgIpc) is 3.13. The number of β-amino-alcohol motifs (C(OH)–C–C–N with tert-alkyl or cyclic N) is 1. The molecule has 228 valence electrons. The predicted octanol–water partition coefficient (Wildman–Crippen LogP) is 2.66. The molecule has 0 radical (unpaired) electrons. The van der Waals surface area contributed by atoms with Crippen molar-refractivity contribution in [1.29, 1.82) is 0 Å². The van der Waals surface area contributed by atoms with Gasteiger partial charge in [0.2, 0.25) is 5.91 Å². The van der Waals surface area contributed by atoms with Crippen LogP contribution in [0.15, 0.2) is 77.6 Å². The van der Waals surface area contributed by atoms with Crippen LogP contribution < -0.4 is 15.2 Å². The fraction of sp³-hybridized carbons (Fsp3) is 0.375. The van der Waals surface area contributed by atoms with Crippen molar-refractivity contribution >= 4 is 16.9 Å². The minimum absolute atomic E-state index is 0.0710. The Morgan fingerprint density at radius 3 is 2.33 bits per heavy atom. The van der Waals surface area contributed by atoms with Crippen LogP contribution in [0.5, 0.6) is 11.5 Å². The number of hydrogen-bond donors (Lipinski definition) is 1. The summed E-state index contributed by atoms with van der Waals surface area (Å²) in [5, 5.41) is 11.6. The summed E-state index contributed by atoms with van der Waals surface area (Å²) in [5.41, 5.74) is 1.32. The van der Waals surface area contributed by atoms with Crippen LogP contribution in [0.3, 0.4) is 0 Å². The van der Waals surface area contributed by atoms with Gasteiger partial charge in [-0.15, -0.1) is 0 Å². The monoisotopic (exact) mass is 592 g/mol. The fourth-order valence-corrected chi connectivity index (χ4v) is 5.43. The number of aliphatic hydroxyl groups is 1. The molecule has 3 aromatic carbocycles. The summed E-state index contributed by atoms with van der Waals surface area (Å²) in [6, 6.07) is 21.0. The van der Waals surface area contributed by atoms with Crippen molar-refractivity contribution in [3.8, 4) is 11.5 Å². The number of hydrogen-bond acceptors (Lipinski definition) is 7. The number of ether oxygens (including phenoxy) is 3. The van der Waals surface area contributed by atoms with E-state index < -0.39 is 5.60 Å². The second-order valence-corrected chi connectivity index (χ2v) is 10.9. The maximum Gasteiger partial charge on any atom is 0.328 e. The Morgan fingerprint density at radius 1 is 0.930 bits per heavy atom. The summed E-state index contributed by atoms with van der Waals surface area (Å²) in [5.74, 6) is 0.534. The number of rotatable bonds is 11. The molecule has 4 aromatic rings. The lowest BCUT2D eigenvalue weighted by Crippen LogP contribution is -2.52. The second kappa shape index (κ2) is 13.4. The predicted molar refractivity (Wildman–Crippen MR) is 160 cm³/mol. The van der Waals surface area contributed by atoms with E-state index in [1.807, 2.05) is 48.5 Å². The molecule has 1 N–H and O–H groups in total. The highest BCUT2D eigenvalue weighted by Crippen LogP contribution is 2.21. The molecule has 1 fully saturated rings. The number of carbonyl (C=O) groups excluding carboxylic acids is 1. The standard InChI is InChI=1S/C32H37FN4O6/c1-34-28-5-3-4-6-29(28)37(31(34)39)17-18-42-26-11-7-24(8-12-26)19-35-15-16-36(30(38)20-41-2)22-32(40,21-35)23-43-27-13-9-25(33)10-14-27/h3-14,40H,15-23H2,1-2H3/t32-/m1/s1. The van der Waals surface area contributed by atoms with Crippen molar-refractivity contribution < 1.29 is 28.5 Å². The minimum atomic E-state index is -1.36. The van der Waals surface area contributed by atoms with Crippen LogP contribution in [-0.4, -0.2) is 88.7 Å². The third kappa shape index (κ3) is 7.42. The molecule has 2 heterocycles. The number of benzene rings is 3. The second-order valence-electron chi connectivity index (χ2n) is 10.9. The van der Waals surface area contributed by atoms with E-state index in [9.17, 15) is 19.1 Å². The van der Waals surface area contributed by atoms with Crippen LogP contribution in [0.1, 0.15) is 5.56 Å². The first kappa shape index (κ1) is 30.3. The zero-order valence-electron chi connectivity index (χ0n) is 24.4. The van der Waals surface area contributed by atoms with Crippen LogP contribution >= 0.6 is 0 Å². The minimum Gasteiger partial charge on any atom is -0.492 e. The van der Waals surface area contributed by atoms with E-state index in [0.717, 1.165) is 16.6 Å². The van der Waals surface area contributed by atoms with Gasteiger partial charge in [-0.2, -0.15) is 0 Å². The van der Waals surface area contributed by atoms with Crippen molar-refractivity contribution in [2.45, 2.75) is 18.7 Å². The van der Waals surface area contributed by atoms with Gasteiger partial charge in [-0.3, -0.25) is 18.8 Å². The molecule has 1 aromatic heterocycles. The van der Waals surface area contributed by atoms with Gasteiger partial charge in [-0.25, -0.2) is 9.18 Å². The molecule has 43 heavy (non-hydrogen) atoms. The van der Waals surface area contributed by atoms with Crippen LogP contribution in [0.4, 0.5) is 4.39 Å². The Labute approximate surface area is 249 Å². The Bertz CT molecular complexity index is 1590. The molecule has 1 saturated heterocycles. The first-order valence-corrected chi connectivity index (χ1v) is 14.2. The van der Waals surface area contributed by atoms with Gasteiger partial charge in [-0.1, -0.05) is 24.3 Å². The van der Waals surface area contributed by atoms with Gasteiger partial charge in [0, 0.05) is 40.3 Å². The molecule has 0 unspecified atom stereocenters. The molecule has 11 heteroatoms. The number of methoxy groups -OCH3 is 1. The molecular weight excluding hydrogens is 555 g/mol. The fourth-order valence-electron chi connectivity index (χ4n) is 5.43. The normalized spacial score (nSPS) is 17.6. The van der Waals surface area contributed by atoms with E-state index in [2.05, 4.69) is 4.90 Å². The molecule has 1 aliphatic rings. The number of nitrogens with zero attached hydrogens (tertiary/aromatic N) is 4. The number of fused-ring (bicyclic) bond motifs is 1. The van der Waals surface area contributed by atoms with Crippen LogP contribution in [0, 0.1) is 5.82 Å². The van der Waals surface area contributed by atoms with Gasteiger partial charge in [0.25, 0.3) is 0 Å². The third-order valence-electron chi connectivity index (χ3n) is 7.60. The summed E-state index contributed by atoms with van der Waals surface area (Å²) in [7, 11) is 3.22. The molecule has 1 amide bonds. The average molecular weight is 593 g/mol. The van der Waals surface area contributed by atoms with Gasteiger partial charge < -0.3 is 24.2 Å². The van der Waals surface area contributed by atoms with Crippen molar-refractivity contribution in [2.24, 2.45) is 7.05 Å². The summed E-state index contributed by atoms with van der Waals surface area (Å²) < 4.78 is 33.5. The largest absolute Gasteiger partial charge is 0.492 e. The highest BCUT2D eigenvalue weighted by Gasteiger charge is 2.37. The summed E-state index contributed by atoms with van der Waals surface area (Å²) in [4.78, 5) is 29.0. The van der Waals surface area contributed by atoms with Crippen molar-refractivity contribution in [1.82, 2.24) is 18.9 Å². The molecule has 0 saturated carbocycles. The number of carbonyl (C=O) groups is 1. The van der Waals surface area contributed by atoms with E-state index in [-0.39, 0.29) is 43.7 Å². The number of amides is 1. The van der Waals surface area contributed by atoms with E-state index in [1.54, 1.807) is 21.1 Å². The van der Waals surface area contributed by atoms with Crippen LogP contribution in [-0.2, 0) is 29.7 Å². The summed E-state index contributed by atoms with van der Waals surface area (Å²) >= 11 is 0. The summed E-state index contributed by atoms with van der Waals surface area (Å²) in [6.45, 7) is 2.48. The van der Waals surface area contributed by atoms with Gasteiger partial charge in [0.05, 0.1) is 24.1 Å². The molecule has 0 aliphatic carbocycles. The Kier molecular flexibility index (Phi) is 9.44. The van der Waals surface area contributed by atoms with Gasteiger partial charge in [-0.05, 0) is 54.1 Å². The lowest BCUT2D eigenvalue weighted by molar-refractivity contribution is -0.138. The zero-order valence-corrected chi connectivity index (χ0v) is 24.4. The molecule has 5 rings (SSSR count). The Morgan fingerprint density at radius 2 is 1.60 bits per heavy atom. The third-order valence-corrected chi connectivity index (χ3v) is 7.60. The highest BCUT2D eigenvalue weighted by atomic mass is 19.1. The maximum atomic E-state index is 13.3. The molecule has 1 atom stereocenters. The number of imidazole rings is 1. The maximum absolute atomic E-state index is 13.3. The topological polar surface area (TPSA) is 98.4 Å². The van der Waals surface area contributed by atoms with E-state index in [4.69, 9.17) is 14.2 Å². The van der Waals surface area contributed by atoms with Gasteiger partial charge in [0.1, 0.15) is 42.7 Å². The van der Waals surface area contributed by atoms with E-state index >= 15 is 0 Å². The number of aryl methyl sites for hydroxylation is 1. The van der Waals surface area contributed by atoms with Crippen molar-refractivity contribution in [3.63, 3.8) is 0 Å². The molecular formula is C32H37FN4O6. The quantitative estimate of drug-likeness (QED) is 0.286. The smallest absolute Gasteiger partial charge is 0.328 e. The van der Waals surface area contributed by atoms with Crippen LogP contribution in [0.2, 0.25) is 0 Å². The number of aromatic nitrogens is 2. The molecule has 0 spiro atoms. The molecule has 10 nitrogen and oxygen atoms in total. The van der Waals surface area contributed by atoms with Crippen LogP contribution in [0.25, 0.3) is 11.0 Å². The highest BCUT2D eigenvalue weighted by molar-refractivity contribution is 5.77. The van der Waals surface area contributed by atoms with E-state index in [1.165, 1.54) is 31.4 Å². The van der Waals surface area contributed by atoms with Gasteiger partial charge in [0.15, 0.2) is 0 Å². The SMILES string of the molecule is COCC(=O)N1CCN(Cc2ccc(OCCn3c(=O)n(C)c4ccccc43)cc2)C[C@](O)(COc2ccc(F)cc2)C1.